The first-order chi connectivity index (χ1) is 16.2. The van der Waals surface area contributed by atoms with Crippen LogP contribution in [0.3, 0.4) is 0 Å². The summed E-state index contributed by atoms with van der Waals surface area (Å²) in [5, 5.41) is 0. The van der Waals surface area contributed by atoms with Gasteiger partial charge in [-0.3, -0.25) is 19.2 Å². The highest BCUT2D eigenvalue weighted by Crippen LogP contribution is 2.21. The number of piperazine rings is 1. The quantitative estimate of drug-likeness (QED) is 0.612. The van der Waals surface area contributed by atoms with Crippen LogP contribution >= 0.6 is 0 Å². The van der Waals surface area contributed by atoms with Gasteiger partial charge in [-0.05, 0) is 23.6 Å². The number of primary amides is 1. The average molecular weight is 465 g/mol. The summed E-state index contributed by atoms with van der Waals surface area (Å²) in [7, 11) is 0. The Bertz CT molecular complexity index is 1010. The lowest BCUT2D eigenvalue weighted by molar-refractivity contribution is -0.142. The molecule has 0 radical (unpaired) electrons. The molecule has 2 aromatic rings. The van der Waals surface area contributed by atoms with Gasteiger partial charge >= 0.3 is 0 Å². The Hall–Kier alpha value is -3.68. The highest BCUT2D eigenvalue weighted by Gasteiger charge is 2.37. The van der Waals surface area contributed by atoms with Crippen LogP contribution in [0.5, 0.6) is 0 Å². The summed E-state index contributed by atoms with van der Waals surface area (Å²) < 4.78 is 0. The Balaban J connectivity index is 1.84. The first kappa shape index (κ1) is 25.0. The molecule has 1 unspecified atom stereocenters. The van der Waals surface area contributed by atoms with E-state index in [0.717, 1.165) is 5.56 Å². The van der Waals surface area contributed by atoms with Crippen molar-refractivity contribution in [1.29, 1.82) is 0 Å². The van der Waals surface area contributed by atoms with Crippen LogP contribution in [-0.2, 0) is 20.9 Å². The number of carbonyl (C=O) groups is 4. The van der Waals surface area contributed by atoms with Crippen molar-refractivity contribution in [3.63, 3.8) is 0 Å². The molecular formula is C26H32N4O4. The fourth-order valence-corrected chi connectivity index (χ4v) is 4.16. The predicted octanol–water partition coefficient (Wildman–Crippen LogP) is 1.90. The molecule has 0 aliphatic carbocycles. The number of nitrogens with two attached hydrogens (primary N) is 1. The summed E-state index contributed by atoms with van der Waals surface area (Å²) in [6.45, 7) is 4.62. The van der Waals surface area contributed by atoms with Gasteiger partial charge in [0.15, 0.2) is 0 Å². The molecule has 0 saturated carbocycles. The van der Waals surface area contributed by atoms with E-state index in [1.165, 1.54) is 9.80 Å². The molecule has 34 heavy (non-hydrogen) atoms. The maximum Gasteiger partial charge on any atom is 0.254 e. The van der Waals surface area contributed by atoms with Crippen LogP contribution in [0, 0.1) is 5.92 Å². The van der Waals surface area contributed by atoms with Crippen molar-refractivity contribution in [2.24, 2.45) is 11.7 Å². The molecule has 2 N–H and O–H groups in total. The zero-order chi connectivity index (χ0) is 24.7. The Morgan fingerprint density at radius 1 is 1.03 bits per heavy atom. The Labute approximate surface area is 200 Å². The highest BCUT2D eigenvalue weighted by molar-refractivity contribution is 5.97. The summed E-state index contributed by atoms with van der Waals surface area (Å²) in [5.41, 5.74) is 6.80. The van der Waals surface area contributed by atoms with Gasteiger partial charge in [0.1, 0.15) is 6.54 Å². The van der Waals surface area contributed by atoms with Crippen LogP contribution < -0.4 is 5.73 Å². The molecule has 1 saturated heterocycles. The third kappa shape index (κ3) is 6.66. The van der Waals surface area contributed by atoms with Crippen molar-refractivity contribution in [3.8, 4) is 0 Å². The van der Waals surface area contributed by atoms with Crippen LogP contribution in [0.4, 0.5) is 0 Å². The lowest BCUT2D eigenvalue weighted by Gasteiger charge is -2.41. The smallest absolute Gasteiger partial charge is 0.254 e. The summed E-state index contributed by atoms with van der Waals surface area (Å²) in [4.78, 5) is 55.6. The monoisotopic (exact) mass is 464 g/mol. The number of rotatable bonds is 9. The minimum Gasteiger partial charge on any atom is -0.368 e. The average Bonchev–Trinajstić information content (AvgIpc) is 2.80. The van der Waals surface area contributed by atoms with Crippen LogP contribution in [0.2, 0.25) is 0 Å². The van der Waals surface area contributed by atoms with E-state index >= 15 is 0 Å². The first-order valence-corrected chi connectivity index (χ1v) is 11.5. The zero-order valence-electron chi connectivity index (χ0n) is 19.7. The summed E-state index contributed by atoms with van der Waals surface area (Å²) in [6, 6.07) is 17.8. The fraction of sp³-hybridized carbons (Fsp3) is 0.385. The molecule has 1 fully saturated rings. The van der Waals surface area contributed by atoms with E-state index < -0.39 is 11.9 Å². The van der Waals surface area contributed by atoms with Crippen molar-refractivity contribution in [2.45, 2.75) is 32.9 Å². The van der Waals surface area contributed by atoms with Crippen LogP contribution in [0.1, 0.15) is 36.2 Å². The lowest BCUT2D eigenvalue weighted by Crippen LogP contribution is -2.59. The summed E-state index contributed by atoms with van der Waals surface area (Å²) in [6.07, 6.45) is -0.00283. The minimum absolute atomic E-state index is 0.00283. The number of benzene rings is 2. The molecule has 8 heteroatoms. The molecule has 1 atom stereocenters. The van der Waals surface area contributed by atoms with Crippen molar-refractivity contribution >= 4 is 23.6 Å². The molecule has 8 nitrogen and oxygen atoms in total. The van der Waals surface area contributed by atoms with Gasteiger partial charge in [-0.25, -0.2) is 0 Å². The van der Waals surface area contributed by atoms with Gasteiger partial charge in [0, 0.05) is 31.6 Å². The zero-order valence-corrected chi connectivity index (χ0v) is 19.7. The van der Waals surface area contributed by atoms with Gasteiger partial charge < -0.3 is 20.4 Å². The second kappa shape index (κ2) is 11.4. The molecule has 1 aliphatic rings. The number of nitrogens with zero attached hydrogens (tertiary/aromatic N) is 3. The van der Waals surface area contributed by atoms with E-state index in [4.69, 9.17) is 5.73 Å². The van der Waals surface area contributed by atoms with Gasteiger partial charge in [0.25, 0.3) is 5.91 Å². The molecule has 3 rings (SSSR count). The molecule has 1 heterocycles. The van der Waals surface area contributed by atoms with Crippen molar-refractivity contribution in [2.75, 3.05) is 26.2 Å². The minimum atomic E-state index is -0.587. The van der Waals surface area contributed by atoms with Gasteiger partial charge in [-0.1, -0.05) is 62.4 Å². The number of carbonyl (C=O) groups excluding carboxylic acids is 4. The third-order valence-corrected chi connectivity index (χ3v) is 5.72. The third-order valence-electron chi connectivity index (χ3n) is 5.72. The molecule has 2 aromatic carbocycles. The Morgan fingerprint density at radius 3 is 2.24 bits per heavy atom. The predicted molar refractivity (Wildman–Crippen MR) is 128 cm³/mol. The van der Waals surface area contributed by atoms with Gasteiger partial charge in [-0.2, -0.15) is 0 Å². The lowest BCUT2D eigenvalue weighted by atomic mass is 10.0. The van der Waals surface area contributed by atoms with Gasteiger partial charge in [0.2, 0.25) is 17.7 Å². The van der Waals surface area contributed by atoms with E-state index in [1.54, 1.807) is 29.2 Å². The standard InChI is InChI=1S/C26H32N4O4/c1-19(2)14-28(17-23(27)31)24(32)13-22-16-29(15-20-9-5-3-6-10-20)25(33)18-30(22)26(34)21-11-7-4-8-12-21/h3-12,19,22H,13-18H2,1-2H3,(H2,27,31). The van der Waals surface area contributed by atoms with Crippen LogP contribution in [-0.4, -0.2) is 70.5 Å². The second-order valence-electron chi connectivity index (χ2n) is 9.05. The number of amides is 4. The Kier molecular flexibility index (Phi) is 8.40. The van der Waals surface area contributed by atoms with E-state index in [1.807, 2.05) is 50.2 Å². The first-order valence-electron chi connectivity index (χ1n) is 11.5. The molecule has 0 bridgehead atoms. The molecular weight excluding hydrogens is 432 g/mol. The van der Waals surface area contributed by atoms with E-state index in [0.29, 0.717) is 18.7 Å². The largest absolute Gasteiger partial charge is 0.368 e. The number of hydrogen-bond acceptors (Lipinski definition) is 4. The van der Waals surface area contributed by atoms with Crippen LogP contribution in [0.25, 0.3) is 0 Å². The van der Waals surface area contributed by atoms with Crippen molar-refractivity contribution in [3.05, 3.63) is 71.8 Å². The molecule has 1 aliphatic heterocycles. The van der Waals surface area contributed by atoms with Crippen LogP contribution in [0.15, 0.2) is 60.7 Å². The van der Waals surface area contributed by atoms with Crippen molar-refractivity contribution < 1.29 is 19.2 Å². The highest BCUT2D eigenvalue weighted by atomic mass is 16.2. The maximum atomic E-state index is 13.3. The second-order valence-corrected chi connectivity index (χ2v) is 9.05. The Morgan fingerprint density at radius 2 is 1.65 bits per heavy atom. The molecule has 180 valence electrons. The normalized spacial score (nSPS) is 16.0. The van der Waals surface area contributed by atoms with E-state index in [9.17, 15) is 19.2 Å². The maximum absolute atomic E-state index is 13.3. The van der Waals surface area contributed by atoms with E-state index in [2.05, 4.69) is 0 Å². The topological polar surface area (TPSA) is 104 Å². The van der Waals surface area contributed by atoms with Crippen molar-refractivity contribution in [1.82, 2.24) is 14.7 Å². The summed E-state index contributed by atoms with van der Waals surface area (Å²) >= 11 is 0. The number of hydrogen-bond donors (Lipinski definition) is 1. The SMILES string of the molecule is CC(C)CN(CC(N)=O)C(=O)CC1CN(Cc2ccccc2)C(=O)CN1C(=O)c1ccccc1. The molecule has 0 spiro atoms. The fourth-order valence-electron chi connectivity index (χ4n) is 4.16. The summed E-state index contributed by atoms with van der Waals surface area (Å²) in [5.74, 6) is -1.18. The van der Waals surface area contributed by atoms with Gasteiger partial charge in [0.05, 0.1) is 12.6 Å². The van der Waals surface area contributed by atoms with Gasteiger partial charge in [-0.15, -0.1) is 0 Å². The molecule has 4 amide bonds. The van der Waals surface area contributed by atoms with E-state index in [-0.39, 0.29) is 49.7 Å². The molecule has 0 aromatic heterocycles.